The topological polar surface area (TPSA) is 90.0 Å². The van der Waals surface area contributed by atoms with Crippen LogP contribution in [0, 0.1) is 0 Å². The summed E-state index contributed by atoms with van der Waals surface area (Å²) in [6.07, 6.45) is 11.1. The van der Waals surface area contributed by atoms with Crippen LogP contribution in [0.4, 0.5) is 5.13 Å². The normalized spacial score (nSPS) is 11.5. The van der Waals surface area contributed by atoms with Gasteiger partial charge in [0.15, 0.2) is 5.13 Å². The minimum Gasteiger partial charge on any atom is -0.298 e. The maximum atomic E-state index is 12.7. The molecule has 8 rings (SSSR count). The number of aromatic nitrogens is 6. The number of imidazole rings is 1. The second kappa shape index (κ2) is 12.0. The van der Waals surface area contributed by atoms with Crippen LogP contribution in [0.25, 0.3) is 28.2 Å². The van der Waals surface area contributed by atoms with Crippen LogP contribution in [0.2, 0.25) is 0 Å². The second-order valence-electron chi connectivity index (χ2n) is 11.0. The van der Waals surface area contributed by atoms with Gasteiger partial charge in [0, 0.05) is 41.3 Å². The first-order valence-corrected chi connectivity index (χ1v) is 15.9. The van der Waals surface area contributed by atoms with Crippen LogP contribution in [0.1, 0.15) is 27.0 Å². The van der Waals surface area contributed by atoms with Crippen LogP contribution in [-0.2, 0) is 5.54 Å². The fourth-order valence-electron chi connectivity index (χ4n) is 6.07. The molecule has 0 saturated heterocycles. The lowest BCUT2D eigenvalue weighted by molar-refractivity contribution is 0.102. The first kappa shape index (κ1) is 28.3. The van der Waals surface area contributed by atoms with Crippen LogP contribution in [-0.4, -0.2) is 35.0 Å². The highest BCUT2D eigenvalue weighted by Crippen LogP contribution is 2.41. The van der Waals surface area contributed by atoms with Gasteiger partial charge in [0.05, 0.1) is 29.3 Å². The van der Waals surface area contributed by atoms with E-state index < -0.39 is 5.54 Å². The summed E-state index contributed by atoms with van der Waals surface area (Å²) in [6, 6.07) is 39.1. The molecule has 47 heavy (non-hydrogen) atoms. The largest absolute Gasteiger partial charge is 0.298 e. The minimum absolute atomic E-state index is 0.256. The molecular weight excluding hydrogens is 603 g/mol. The standard InChI is InChI=1S/C38H27N7OS/c46-36(43-37-39-20-21-47-37)27-16-18-33(40-22-27)34-24-41-35-19-17-28(25-44(34)35)29-23-42-45(26-29)38(30-10-4-1-5-11-30,31-12-6-2-7-13-31)32-14-8-3-9-15-32/h1-26H,(H,39,43,46). The van der Waals surface area contributed by atoms with Crippen molar-refractivity contribution in [2.75, 3.05) is 5.32 Å². The van der Waals surface area contributed by atoms with Gasteiger partial charge in [0.2, 0.25) is 0 Å². The molecular formula is C38H27N7OS. The van der Waals surface area contributed by atoms with E-state index in [1.807, 2.05) is 46.3 Å². The molecule has 0 aliphatic carbocycles. The van der Waals surface area contributed by atoms with Crippen molar-refractivity contribution in [1.29, 1.82) is 0 Å². The number of benzene rings is 3. The Labute approximate surface area is 274 Å². The van der Waals surface area contributed by atoms with E-state index in [9.17, 15) is 4.79 Å². The number of pyridine rings is 2. The number of rotatable bonds is 8. The predicted octanol–water partition coefficient (Wildman–Crippen LogP) is 7.81. The zero-order valence-electron chi connectivity index (χ0n) is 25.0. The molecule has 5 heterocycles. The number of nitrogens with one attached hydrogen (secondary N) is 1. The number of hydrogen-bond acceptors (Lipinski definition) is 6. The Morgan fingerprint density at radius 2 is 1.34 bits per heavy atom. The third kappa shape index (κ3) is 5.08. The molecule has 9 heteroatoms. The summed E-state index contributed by atoms with van der Waals surface area (Å²) >= 11 is 1.37. The summed E-state index contributed by atoms with van der Waals surface area (Å²) in [6.45, 7) is 0. The first-order chi connectivity index (χ1) is 23.2. The van der Waals surface area contributed by atoms with Crippen molar-refractivity contribution in [3.63, 3.8) is 0 Å². The van der Waals surface area contributed by atoms with E-state index in [1.54, 1.807) is 24.7 Å². The third-order valence-corrected chi connectivity index (χ3v) is 8.97. The van der Waals surface area contributed by atoms with Crippen molar-refractivity contribution in [2.24, 2.45) is 0 Å². The molecule has 0 spiro atoms. The lowest BCUT2D eigenvalue weighted by Crippen LogP contribution is -2.38. The van der Waals surface area contributed by atoms with Crippen molar-refractivity contribution >= 4 is 28.0 Å². The van der Waals surface area contributed by atoms with Crippen LogP contribution < -0.4 is 5.32 Å². The highest BCUT2D eigenvalue weighted by Gasteiger charge is 2.39. The van der Waals surface area contributed by atoms with E-state index in [-0.39, 0.29) is 5.91 Å². The van der Waals surface area contributed by atoms with E-state index >= 15 is 0 Å². The fourth-order valence-corrected chi connectivity index (χ4v) is 6.59. The lowest BCUT2D eigenvalue weighted by atomic mass is 9.77. The van der Waals surface area contributed by atoms with E-state index in [0.717, 1.165) is 39.2 Å². The molecule has 0 atom stereocenters. The molecule has 0 radical (unpaired) electrons. The second-order valence-corrected chi connectivity index (χ2v) is 11.9. The van der Waals surface area contributed by atoms with Gasteiger partial charge in [0.1, 0.15) is 11.2 Å². The number of carbonyl (C=O) groups excluding carboxylic acids is 1. The Balaban J connectivity index is 1.19. The monoisotopic (exact) mass is 629 g/mol. The first-order valence-electron chi connectivity index (χ1n) is 15.1. The molecule has 226 valence electrons. The van der Waals surface area contributed by atoms with Gasteiger partial charge in [-0.3, -0.25) is 24.2 Å². The molecule has 0 saturated carbocycles. The quantitative estimate of drug-likeness (QED) is 0.173. The number of carbonyl (C=O) groups is 1. The van der Waals surface area contributed by atoms with Gasteiger partial charge in [-0.05, 0) is 41.0 Å². The number of fused-ring (bicyclic) bond motifs is 1. The average Bonchev–Trinajstić information content (AvgIpc) is 3.92. The molecule has 1 N–H and O–H groups in total. The number of anilines is 1. The van der Waals surface area contributed by atoms with Gasteiger partial charge in [-0.2, -0.15) is 5.10 Å². The summed E-state index contributed by atoms with van der Waals surface area (Å²) in [7, 11) is 0. The molecule has 5 aromatic heterocycles. The molecule has 0 aliphatic rings. The van der Waals surface area contributed by atoms with Gasteiger partial charge in [0.25, 0.3) is 5.91 Å². The van der Waals surface area contributed by atoms with Crippen molar-refractivity contribution in [2.45, 2.75) is 5.54 Å². The summed E-state index contributed by atoms with van der Waals surface area (Å²) < 4.78 is 4.08. The number of nitrogens with zero attached hydrogens (tertiary/aromatic N) is 6. The molecule has 0 unspecified atom stereocenters. The Hall–Kier alpha value is -6.19. The van der Waals surface area contributed by atoms with Gasteiger partial charge in [-0.25, -0.2) is 9.97 Å². The Kier molecular flexibility index (Phi) is 7.20. The molecule has 8 nitrogen and oxygen atoms in total. The van der Waals surface area contributed by atoms with E-state index in [2.05, 4.69) is 116 Å². The Morgan fingerprint density at radius 1 is 0.660 bits per heavy atom. The summed E-state index contributed by atoms with van der Waals surface area (Å²) in [5.41, 5.74) is 7.30. The highest BCUT2D eigenvalue weighted by molar-refractivity contribution is 7.13. The van der Waals surface area contributed by atoms with E-state index in [0.29, 0.717) is 16.4 Å². The highest BCUT2D eigenvalue weighted by atomic mass is 32.1. The summed E-state index contributed by atoms with van der Waals surface area (Å²) in [5, 5.41) is 10.2. The Morgan fingerprint density at radius 3 is 1.94 bits per heavy atom. The number of thiazole rings is 1. The molecule has 3 aromatic carbocycles. The van der Waals surface area contributed by atoms with Crippen LogP contribution in [0.15, 0.2) is 158 Å². The molecule has 0 aliphatic heterocycles. The van der Waals surface area contributed by atoms with E-state index in [4.69, 9.17) is 5.10 Å². The van der Waals surface area contributed by atoms with Gasteiger partial charge in [-0.15, -0.1) is 11.3 Å². The molecule has 1 amide bonds. The van der Waals surface area contributed by atoms with E-state index in [1.165, 1.54) is 11.3 Å². The zero-order valence-corrected chi connectivity index (χ0v) is 25.8. The van der Waals surface area contributed by atoms with Gasteiger partial charge < -0.3 is 0 Å². The third-order valence-electron chi connectivity index (χ3n) is 8.28. The van der Waals surface area contributed by atoms with Crippen molar-refractivity contribution in [1.82, 2.24) is 29.1 Å². The van der Waals surface area contributed by atoms with Crippen LogP contribution >= 0.6 is 11.3 Å². The van der Waals surface area contributed by atoms with Crippen molar-refractivity contribution in [3.05, 3.63) is 180 Å². The van der Waals surface area contributed by atoms with Crippen molar-refractivity contribution in [3.8, 4) is 22.5 Å². The Bertz CT molecular complexity index is 2180. The van der Waals surface area contributed by atoms with Crippen molar-refractivity contribution < 1.29 is 4.79 Å². The maximum Gasteiger partial charge on any atom is 0.259 e. The van der Waals surface area contributed by atoms with Gasteiger partial charge >= 0.3 is 0 Å². The SMILES string of the molecule is O=C(Nc1nccs1)c1ccc(-c2cnc3ccc(-c4cnn(C(c5ccccc5)(c5ccccc5)c5ccccc5)c4)cn23)nc1. The molecule has 8 aromatic rings. The fraction of sp³-hybridized carbons (Fsp3) is 0.0263. The minimum atomic E-state index is -0.705. The average molecular weight is 630 g/mol. The van der Waals surface area contributed by atoms with Crippen LogP contribution in [0.3, 0.4) is 0 Å². The molecule has 0 fully saturated rings. The number of hydrogen-bond donors (Lipinski definition) is 1. The summed E-state index contributed by atoms with van der Waals surface area (Å²) in [4.78, 5) is 26.0. The van der Waals surface area contributed by atoms with Crippen LogP contribution in [0.5, 0.6) is 0 Å². The lowest BCUT2D eigenvalue weighted by Gasteiger charge is -2.36. The zero-order chi connectivity index (χ0) is 31.6. The molecule has 0 bridgehead atoms. The predicted molar refractivity (Wildman–Crippen MR) is 184 cm³/mol. The van der Waals surface area contributed by atoms with Gasteiger partial charge in [-0.1, -0.05) is 91.0 Å². The number of amides is 1. The maximum absolute atomic E-state index is 12.7. The smallest absolute Gasteiger partial charge is 0.259 e. The summed E-state index contributed by atoms with van der Waals surface area (Å²) in [5.74, 6) is -0.256.